The number of nitrogens with one attached hydrogen (secondary N) is 1. The van der Waals surface area contributed by atoms with E-state index in [1.54, 1.807) is 19.2 Å². The van der Waals surface area contributed by atoms with Gasteiger partial charge in [-0.3, -0.25) is 0 Å². The maximum absolute atomic E-state index is 11.2. The molecule has 1 aliphatic carbocycles. The lowest BCUT2D eigenvalue weighted by Crippen LogP contribution is -2.19. The zero-order chi connectivity index (χ0) is 13.1. The van der Waals surface area contributed by atoms with Crippen molar-refractivity contribution in [2.24, 2.45) is 11.8 Å². The minimum atomic E-state index is -0.914. The molecule has 2 rings (SSSR count). The Morgan fingerprint density at radius 3 is 2.94 bits per heavy atom. The van der Waals surface area contributed by atoms with Crippen molar-refractivity contribution in [3.8, 4) is 0 Å². The molecule has 0 amide bonds. The van der Waals surface area contributed by atoms with Crippen LogP contribution in [0.3, 0.4) is 0 Å². The maximum atomic E-state index is 11.2. The van der Waals surface area contributed by atoms with E-state index in [-0.39, 0.29) is 0 Å². The molecule has 2 unspecified atom stereocenters. The predicted molar refractivity (Wildman–Crippen MR) is 70.9 cm³/mol. The van der Waals surface area contributed by atoms with Gasteiger partial charge in [-0.1, -0.05) is 19.8 Å². The predicted octanol–water partition coefficient (Wildman–Crippen LogP) is 2.94. The van der Waals surface area contributed by atoms with E-state index >= 15 is 0 Å². The molecule has 0 bridgehead atoms. The third-order valence-corrected chi connectivity index (χ3v) is 3.94. The first-order valence-corrected chi connectivity index (χ1v) is 6.52. The maximum Gasteiger partial charge on any atom is 0.339 e. The van der Waals surface area contributed by atoms with Crippen LogP contribution in [-0.4, -0.2) is 22.6 Å². The summed E-state index contributed by atoms with van der Waals surface area (Å²) in [5.74, 6) is 0.939. The summed E-state index contributed by atoms with van der Waals surface area (Å²) in [4.78, 5) is 15.4. The van der Waals surface area contributed by atoms with Crippen molar-refractivity contribution < 1.29 is 9.90 Å². The van der Waals surface area contributed by atoms with Gasteiger partial charge in [0.05, 0.1) is 0 Å². The quantitative estimate of drug-likeness (QED) is 0.860. The minimum Gasteiger partial charge on any atom is -0.478 e. The van der Waals surface area contributed by atoms with E-state index < -0.39 is 5.97 Å². The highest BCUT2D eigenvalue weighted by Crippen LogP contribution is 2.31. The van der Waals surface area contributed by atoms with Crippen molar-refractivity contribution in [1.82, 2.24) is 4.98 Å². The molecule has 98 valence electrons. The number of anilines is 1. The molecule has 0 aromatic carbocycles. The number of aromatic carboxylic acids is 1. The second kappa shape index (κ2) is 5.38. The summed E-state index contributed by atoms with van der Waals surface area (Å²) in [5.41, 5.74) is 1.04. The summed E-state index contributed by atoms with van der Waals surface area (Å²) in [7, 11) is 0. The van der Waals surface area contributed by atoms with Crippen LogP contribution in [0.1, 0.15) is 42.1 Å². The lowest BCUT2D eigenvalue weighted by molar-refractivity contribution is 0.0697. The molecular formula is C14H20N2O2. The smallest absolute Gasteiger partial charge is 0.339 e. The molecule has 0 saturated heterocycles. The Morgan fingerprint density at radius 1 is 1.56 bits per heavy atom. The fourth-order valence-corrected chi connectivity index (χ4v) is 2.72. The molecule has 1 aromatic rings. The Kier molecular flexibility index (Phi) is 3.84. The molecule has 0 radical (unpaired) electrons. The number of carboxylic acids is 1. The third kappa shape index (κ3) is 2.63. The van der Waals surface area contributed by atoms with Crippen LogP contribution in [0.4, 0.5) is 5.82 Å². The van der Waals surface area contributed by atoms with Crippen LogP contribution < -0.4 is 5.32 Å². The Hall–Kier alpha value is -1.58. The molecule has 0 spiro atoms. The lowest BCUT2D eigenvalue weighted by atomic mass is 9.98. The molecule has 4 heteroatoms. The van der Waals surface area contributed by atoms with Crippen molar-refractivity contribution in [1.29, 1.82) is 0 Å². The Bertz CT molecular complexity index is 445. The summed E-state index contributed by atoms with van der Waals surface area (Å²) in [5, 5.41) is 12.4. The van der Waals surface area contributed by atoms with Crippen LogP contribution >= 0.6 is 0 Å². The third-order valence-electron chi connectivity index (χ3n) is 3.94. The van der Waals surface area contributed by atoms with E-state index in [0.29, 0.717) is 17.3 Å². The fraction of sp³-hybridized carbons (Fsp3) is 0.571. The highest BCUT2D eigenvalue weighted by Gasteiger charge is 2.24. The number of aryl methyl sites for hydroxylation is 1. The second-order valence-electron chi connectivity index (χ2n) is 5.21. The van der Waals surface area contributed by atoms with Crippen molar-refractivity contribution >= 4 is 11.8 Å². The average Bonchev–Trinajstić information content (AvgIpc) is 2.71. The van der Waals surface area contributed by atoms with Crippen LogP contribution in [0.5, 0.6) is 0 Å². The highest BCUT2D eigenvalue weighted by molar-refractivity contribution is 5.94. The fourth-order valence-electron chi connectivity index (χ4n) is 2.72. The average molecular weight is 248 g/mol. The van der Waals surface area contributed by atoms with E-state index in [1.807, 2.05) is 0 Å². The first-order chi connectivity index (χ1) is 8.59. The van der Waals surface area contributed by atoms with E-state index in [9.17, 15) is 9.90 Å². The summed E-state index contributed by atoms with van der Waals surface area (Å²) in [6.45, 7) is 4.88. The molecule has 1 aromatic heterocycles. The molecule has 1 aliphatic rings. The highest BCUT2D eigenvalue weighted by atomic mass is 16.4. The van der Waals surface area contributed by atoms with Crippen molar-refractivity contribution in [2.45, 2.75) is 33.1 Å². The van der Waals surface area contributed by atoms with Crippen LogP contribution in [0, 0.1) is 18.8 Å². The second-order valence-corrected chi connectivity index (χ2v) is 5.21. The van der Waals surface area contributed by atoms with Gasteiger partial charge in [0.1, 0.15) is 11.4 Å². The van der Waals surface area contributed by atoms with Gasteiger partial charge >= 0.3 is 5.97 Å². The van der Waals surface area contributed by atoms with Gasteiger partial charge in [0, 0.05) is 12.7 Å². The number of hydrogen-bond acceptors (Lipinski definition) is 3. The number of nitrogens with zero attached hydrogens (tertiary/aromatic N) is 1. The zero-order valence-corrected chi connectivity index (χ0v) is 10.9. The van der Waals surface area contributed by atoms with Crippen molar-refractivity contribution in [2.75, 3.05) is 11.9 Å². The number of aromatic nitrogens is 1. The first kappa shape index (κ1) is 12.9. The largest absolute Gasteiger partial charge is 0.478 e. The molecule has 2 N–H and O–H groups in total. The Morgan fingerprint density at radius 2 is 2.33 bits per heavy atom. The van der Waals surface area contributed by atoms with Gasteiger partial charge in [-0.05, 0) is 36.8 Å². The molecule has 1 heterocycles. The molecular weight excluding hydrogens is 228 g/mol. The number of hydrogen-bond donors (Lipinski definition) is 2. The molecule has 4 nitrogen and oxygen atoms in total. The first-order valence-electron chi connectivity index (χ1n) is 6.52. The molecule has 2 atom stereocenters. The zero-order valence-electron chi connectivity index (χ0n) is 10.9. The van der Waals surface area contributed by atoms with Crippen LogP contribution in [-0.2, 0) is 0 Å². The SMILES string of the molecule is Cc1ccnc(NCC2CCCC2C)c1C(=O)O. The topological polar surface area (TPSA) is 62.2 Å². The van der Waals surface area contributed by atoms with Gasteiger partial charge in [0.15, 0.2) is 0 Å². The lowest BCUT2D eigenvalue weighted by Gasteiger charge is -2.17. The van der Waals surface area contributed by atoms with Crippen LogP contribution in [0.2, 0.25) is 0 Å². The van der Waals surface area contributed by atoms with Gasteiger partial charge in [0.25, 0.3) is 0 Å². The summed E-state index contributed by atoms with van der Waals surface area (Å²) in [6, 6.07) is 1.73. The Balaban J connectivity index is 2.09. The van der Waals surface area contributed by atoms with E-state index in [0.717, 1.165) is 18.0 Å². The number of rotatable bonds is 4. The van der Waals surface area contributed by atoms with E-state index in [4.69, 9.17) is 0 Å². The van der Waals surface area contributed by atoms with Crippen LogP contribution in [0.25, 0.3) is 0 Å². The van der Waals surface area contributed by atoms with Crippen molar-refractivity contribution in [3.05, 3.63) is 23.4 Å². The van der Waals surface area contributed by atoms with Gasteiger partial charge in [-0.2, -0.15) is 0 Å². The van der Waals surface area contributed by atoms with Crippen LogP contribution in [0.15, 0.2) is 12.3 Å². The Labute approximate surface area is 107 Å². The summed E-state index contributed by atoms with van der Waals surface area (Å²) in [6.07, 6.45) is 5.44. The van der Waals surface area contributed by atoms with Gasteiger partial charge < -0.3 is 10.4 Å². The standard InChI is InChI=1S/C14H20N2O2/c1-9-4-3-5-11(9)8-16-13-12(14(17)18)10(2)6-7-15-13/h6-7,9,11H,3-5,8H2,1-2H3,(H,15,16)(H,17,18). The number of pyridine rings is 1. The molecule has 18 heavy (non-hydrogen) atoms. The van der Waals surface area contributed by atoms with E-state index in [2.05, 4.69) is 17.2 Å². The monoisotopic (exact) mass is 248 g/mol. The van der Waals surface area contributed by atoms with Gasteiger partial charge in [-0.25, -0.2) is 9.78 Å². The molecule has 1 saturated carbocycles. The molecule has 0 aliphatic heterocycles. The van der Waals surface area contributed by atoms with E-state index in [1.165, 1.54) is 19.3 Å². The van der Waals surface area contributed by atoms with Crippen molar-refractivity contribution in [3.63, 3.8) is 0 Å². The number of carboxylic acid groups (broad SMARTS) is 1. The molecule has 1 fully saturated rings. The normalized spacial score (nSPS) is 23.0. The number of carbonyl (C=O) groups is 1. The summed E-state index contributed by atoms with van der Waals surface area (Å²) < 4.78 is 0. The van der Waals surface area contributed by atoms with Gasteiger partial charge in [-0.15, -0.1) is 0 Å². The van der Waals surface area contributed by atoms with Gasteiger partial charge in [0.2, 0.25) is 0 Å². The summed E-state index contributed by atoms with van der Waals surface area (Å²) >= 11 is 0. The minimum absolute atomic E-state index is 0.295.